The Bertz CT molecular complexity index is 1820. The highest BCUT2D eigenvalue weighted by molar-refractivity contribution is 7.47. The fourth-order valence-electron chi connectivity index (χ4n) is 11.0. The van der Waals surface area contributed by atoms with Crippen molar-refractivity contribution in [1.82, 2.24) is 0 Å². The molecule has 0 aliphatic carbocycles. The molecular weight excluding hydrogens is 1210 g/mol. The maximum absolute atomic E-state index is 13.1. The van der Waals surface area contributed by atoms with Gasteiger partial charge in [0.1, 0.15) is 19.3 Å². The van der Waals surface area contributed by atoms with E-state index in [1.807, 2.05) is 0 Å². The van der Waals surface area contributed by atoms with Crippen LogP contribution in [0.15, 0.2) is 0 Å². The van der Waals surface area contributed by atoms with Gasteiger partial charge in [0, 0.05) is 25.7 Å². The normalized spacial score (nSPS) is 14.5. The van der Waals surface area contributed by atoms with Gasteiger partial charge >= 0.3 is 39.5 Å². The Morgan fingerprint density at radius 1 is 0.304 bits per heavy atom. The summed E-state index contributed by atoms with van der Waals surface area (Å²) in [6.07, 6.45) is 46.0. The zero-order valence-electron chi connectivity index (χ0n) is 60.2. The van der Waals surface area contributed by atoms with Gasteiger partial charge in [0.15, 0.2) is 12.2 Å². The quantitative estimate of drug-likeness (QED) is 0.0222. The summed E-state index contributed by atoms with van der Waals surface area (Å²) in [4.78, 5) is 72.6. The van der Waals surface area contributed by atoms with Crippen molar-refractivity contribution < 1.29 is 80.2 Å². The lowest BCUT2D eigenvalue weighted by Gasteiger charge is -2.21. The summed E-state index contributed by atoms with van der Waals surface area (Å²) >= 11 is 0. The highest BCUT2D eigenvalue weighted by Crippen LogP contribution is 2.45. The van der Waals surface area contributed by atoms with Gasteiger partial charge in [-0.3, -0.25) is 37.3 Å². The van der Waals surface area contributed by atoms with Crippen molar-refractivity contribution in [3.63, 3.8) is 0 Å². The van der Waals surface area contributed by atoms with Gasteiger partial charge in [0.25, 0.3) is 0 Å². The highest BCUT2D eigenvalue weighted by Gasteiger charge is 2.30. The molecule has 0 aliphatic rings. The summed E-state index contributed by atoms with van der Waals surface area (Å²) in [5, 5.41) is 10.6. The zero-order valence-corrected chi connectivity index (χ0v) is 62.0. The maximum atomic E-state index is 13.1. The van der Waals surface area contributed by atoms with E-state index in [0.29, 0.717) is 31.6 Å². The molecule has 17 nitrogen and oxygen atoms in total. The first-order chi connectivity index (χ1) is 44.1. The summed E-state index contributed by atoms with van der Waals surface area (Å²) in [7, 11) is -9.91. The van der Waals surface area contributed by atoms with E-state index in [1.165, 1.54) is 161 Å². The monoisotopic (exact) mass is 1350 g/mol. The third-order valence-corrected chi connectivity index (χ3v) is 19.1. The van der Waals surface area contributed by atoms with Crippen LogP contribution >= 0.6 is 15.6 Å². The molecule has 0 heterocycles. The Labute approximate surface area is 562 Å². The Hall–Kier alpha value is -1.94. The first-order valence-corrected chi connectivity index (χ1v) is 40.7. The Morgan fingerprint density at radius 3 is 0.772 bits per heavy atom. The molecule has 0 spiro atoms. The summed E-state index contributed by atoms with van der Waals surface area (Å²) in [5.74, 6) is 0.871. The van der Waals surface area contributed by atoms with Crippen LogP contribution in [0.2, 0.25) is 0 Å². The van der Waals surface area contributed by atoms with Crippen LogP contribution in [0.25, 0.3) is 0 Å². The Morgan fingerprint density at radius 2 is 0.522 bits per heavy atom. The van der Waals surface area contributed by atoms with Crippen LogP contribution in [0.3, 0.4) is 0 Å². The van der Waals surface area contributed by atoms with Crippen LogP contribution in [0.5, 0.6) is 0 Å². The molecule has 6 atom stereocenters. The van der Waals surface area contributed by atoms with E-state index in [4.69, 9.17) is 37.0 Å². The predicted octanol–water partition coefficient (Wildman–Crippen LogP) is 20.9. The predicted molar refractivity (Wildman–Crippen MR) is 372 cm³/mol. The van der Waals surface area contributed by atoms with Crippen molar-refractivity contribution in [3.05, 3.63) is 0 Å². The molecule has 0 rings (SSSR count). The molecule has 92 heavy (non-hydrogen) atoms. The number of hydrogen-bond donors (Lipinski definition) is 3. The molecule has 0 aromatic heterocycles. The van der Waals surface area contributed by atoms with Crippen LogP contribution in [0.1, 0.15) is 364 Å². The number of phosphoric ester groups is 2. The SMILES string of the molecule is CCC(C)CCCCCCCCC(=O)O[C@H](COC(=O)CCCCCCCCCC(C)C)COP(=O)(O)OCC(O)COP(=O)(O)OC[C@@H](COC(=O)CCCCCCCCCCCCCC(C)C)OC(=O)CCCCCCCCCCCCCCCCCC(C)C. The van der Waals surface area contributed by atoms with Gasteiger partial charge in [0.05, 0.1) is 26.4 Å². The number of hydrogen-bond acceptors (Lipinski definition) is 15. The molecule has 0 fully saturated rings. The van der Waals surface area contributed by atoms with Crippen molar-refractivity contribution in [2.75, 3.05) is 39.6 Å². The van der Waals surface area contributed by atoms with E-state index in [-0.39, 0.29) is 25.7 Å². The molecule has 0 amide bonds. The number of ether oxygens (including phenoxy) is 4. The average molecular weight is 1350 g/mol. The van der Waals surface area contributed by atoms with E-state index in [2.05, 4.69) is 55.4 Å². The van der Waals surface area contributed by atoms with Crippen LogP contribution in [0, 0.1) is 23.7 Å². The number of aliphatic hydroxyl groups excluding tert-OH is 1. The van der Waals surface area contributed by atoms with Gasteiger partial charge < -0.3 is 33.8 Å². The second kappa shape index (κ2) is 62.6. The Balaban J connectivity index is 5.24. The van der Waals surface area contributed by atoms with Crippen molar-refractivity contribution in [1.29, 1.82) is 0 Å². The fraction of sp³-hybridized carbons (Fsp3) is 0.945. The first-order valence-electron chi connectivity index (χ1n) is 37.7. The molecule has 0 radical (unpaired) electrons. The van der Waals surface area contributed by atoms with E-state index < -0.39 is 97.5 Å². The van der Waals surface area contributed by atoms with E-state index in [9.17, 15) is 43.2 Å². The average Bonchev–Trinajstić information content (AvgIpc) is 2.96. The van der Waals surface area contributed by atoms with Crippen LogP contribution in [-0.4, -0.2) is 96.7 Å². The molecule has 19 heteroatoms. The molecule has 546 valence electrons. The molecule has 0 aromatic rings. The second-order valence-corrected chi connectivity index (χ2v) is 30.9. The summed E-state index contributed by atoms with van der Waals surface area (Å²) < 4.78 is 68.4. The fourth-order valence-corrected chi connectivity index (χ4v) is 12.6. The Kier molecular flexibility index (Phi) is 61.3. The van der Waals surface area contributed by atoms with Crippen LogP contribution in [0.4, 0.5) is 0 Å². The van der Waals surface area contributed by atoms with Crippen LogP contribution < -0.4 is 0 Å². The molecular formula is C73H142O17P2. The molecule has 4 unspecified atom stereocenters. The number of carbonyl (C=O) groups excluding carboxylic acids is 4. The van der Waals surface area contributed by atoms with Gasteiger partial charge in [-0.05, 0) is 49.4 Å². The summed E-state index contributed by atoms with van der Waals surface area (Å²) in [6, 6.07) is 0. The van der Waals surface area contributed by atoms with E-state index in [0.717, 1.165) is 114 Å². The van der Waals surface area contributed by atoms with Crippen LogP contribution in [-0.2, 0) is 65.4 Å². The van der Waals surface area contributed by atoms with Crippen molar-refractivity contribution in [2.24, 2.45) is 23.7 Å². The molecule has 0 saturated carbocycles. The number of carbonyl (C=O) groups is 4. The van der Waals surface area contributed by atoms with Crippen molar-refractivity contribution in [2.45, 2.75) is 382 Å². The summed E-state index contributed by atoms with van der Waals surface area (Å²) in [5.41, 5.74) is 0. The minimum absolute atomic E-state index is 0.102. The summed E-state index contributed by atoms with van der Waals surface area (Å²) in [6.45, 7) is 14.1. The number of phosphoric acid groups is 2. The number of esters is 4. The standard InChI is InChI=1S/C73H142O17P2/c1-9-66(8)52-44-36-31-32-40-48-56-73(78)90-69(60-84-71(76)54-46-38-30-24-27-35-43-51-65(6)7)62-88-92(81,82)86-58-67(74)57-85-91(79,80)87-61-68(59-83-70(75)53-45-37-28-22-19-15-17-21-26-34-42-50-64(4)5)89-72(77)55-47-39-29-23-18-14-12-10-11-13-16-20-25-33-41-49-63(2)3/h63-69,74H,9-62H2,1-8H3,(H,79,80)(H,81,82)/t66?,67?,68-,69-/m1/s1. The number of unbranched alkanes of at least 4 members (excludes halogenated alkanes) is 35. The van der Waals surface area contributed by atoms with Gasteiger partial charge in [-0.1, -0.05) is 312 Å². The third kappa shape index (κ3) is 65.4. The molecule has 3 N–H and O–H groups in total. The smallest absolute Gasteiger partial charge is 0.462 e. The van der Waals surface area contributed by atoms with Gasteiger partial charge in [-0.25, -0.2) is 9.13 Å². The lowest BCUT2D eigenvalue weighted by Crippen LogP contribution is -2.30. The largest absolute Gasteiger partial charge is 0.472 e. The molecule has 0 saturated heterocycles. The van der Waals surface area contributed by atoms with Gasteiger partial charge in [0.2, 0.25) is 0 Å². The number of rotatable bonds is 70. The topological polar surface area (TPSA) is 237 Å². The first kappa shape index (κ1) is 90.1. The van der Waals surface area contributed by atoms with Gasteiger partial charge in [-0.15, -0.1) is 0 Å². The van der Waals surface area contributed by atoms with Crippen molar-refractivity contribution in [3.8, 4) is 0 Å². The molecule has 0 aliphatic heterocycles. The molecule has 0 aromatic carbocycles. The lowest BCUT2D eigenvalue weighted by atomic mass is 10.00. The highest BCUT2D eigenvalue weighted by atomic mass is 31.2. The molecule has 0 bridgehead atoms. The zero-order chi connectivity index (χ0) is 68.2. The van der Waals surface area contributed by atoms with Gasteiger partial charge in [-0.2, -0.15) is 0 Å². The number of aliphatic hydroxyl groups is 1. The minimum atomic E-state index is -4.96. The third-order valence-electron chi connectivity index (χ3n) is 17.2. The van der Waals surface area contributed by atoms with E-state index >= 15 is 0 Å². The lowest BCUT2D eigenvalue weighted by molar-refractivity contribution is -0.161. The maximum Gasteiger partial charge on any atom is 0.472 e. The van der Waals surface area contributed by atoms with E-state index in [1.54, 1.807) is 0 Å². The second-order valence-electron chi connectivity index (χ2n) is 28.0. The van der Waals surface area contributed by atoms with Crippen molar-refractivity contribution >= 4 is 39.5 Å². The minimum Gasteiger partial charge on any atom is -0.462 e.